The van der Waals surface area contributed by atoms with Gasteiger partial charge < -0.3 is 5.11 Å². The number of carboxylic acids is 1. The number of hydrogen-bond acceptors (Lipinski definition) is 6. The van der Waals surface area contributed by atoms with Gasteiger partial charge in [0, 0.05) is 18.6 Å². The van der Waals surface area contributed by atoms with E-state index in [2.05, 4.69) is 14.8 Å². The molecule has 0 aliphatic carbocycles. The number of aryl methyl sites for hydroxylation is 1. The van der Waals surface area contributed by atoms with E-state index in [-0.39, 0.29) is 10.6 Å². The second-order valence-electron chi connectivity index (χ2n) is 4.07. The Hall–Kier alpha value is -1.78. The lowest BCUT2D eigenvalue weighted by atomic mass is 10.4. The Kier molecular flexibility index (Phi) is 3.88. The van der Waals surface area contributed by atoms with Gasteiger partial charge in [-0.1, -0.05) is 0 Å². The molecule has 0 aromatic carbocycles. The number of sulfonamides is 1. The molecule has 0 amide bonds. The molecule has 10 heteroatoms. The molecule has 1 unspecified atom stereocenters. The Labute approximate surface area is 119 Å². The highest BCUT2D eigenvalue weighted by Crippen LogP contribution is 2.20. The zero-order chi connectivity index (χ0) is 14.9. The lowest BCUT2D eigenvalue weighted by Crippen LogP contribution is -2.26. The van der Waals surface area contributed by atoms with Gasteiger partial charge in [0.25, 0.3) is 0 Å². The number of aromatic carboxylic acids is 1. The maximum Gasteiger partial charge on any atom is 0.355 e. The fraction of sp³-hybridized carbons (Fsp3) is 0.300. The second-order valence-corrected chi connectivity index (χ2v) is 6.67. The molecule has 0 radical (unpaired) electrons. The number of carboxylic acid groups (broad SMARTS) is 1. The van der Waals surface area contributed by atoms with E-state index in [4.69, 9.17) is 5.11 Å². The van der Waals surface area contributed by atoms with Gasteiger partial charge in [-0.25, -0.2) is 22.9 Å². The van der Waals surface area contributed by atoms with Crippen LogP contribution in [0.15, 0.2) is 22.7 Å². The highest BCUT2D eigenvalue weighted by atomic mass is 32.2. The molecule has 8 nitrogen and oxygen atoms in total. The van der Waals surface area contributed by atoms with Crippen molar-refractivity contribution in [3.63, 3.8) is 0 Å². The van der Waals surface area contributed by atoms with Crippen molar-refractivity contribution < 1.29 is 18.3 Å². The Morgan fingerprint density at radius 2 is 2.25 bits per heavy atom. The number of carbonyl (C=O) groups is 1. The topological polar surface area (TPSA) is 114 Å². The first-order chi connectivity index (χ1) is 9.29. The van der Waals surface area contributed by atoms with Gasteiger partial charge >= 0.3 is 5.97 Å². The van der Waals surface area contributed by atoms with Gasteiger partial charge in [-0.05, 0) is 6.92 Å². The van der Waals surface area contributed by atoms with E-state index >= 15 is 0 Å². The van der Waals surface area contributed by atoms with Crippen LogP contribution >= 0.6 is 11.3 Å². The maximum atomic E-state index is 12.1. The third kappa shape index (κ3) is 3.03. The summed E-state index contributed by atoms with van der Waals surface area (Å²) in [6, 6.07) is -0.627. The van der Waals surface area contributed by atoms with Gasteiger partial charge in [-0.2, -0.15) is 5.10 Å². The molecule has 0 fully saturated rings. The van der Waals surface area contributed by atoms with Crippen LogP contribution in [0.2, 0.25) is 0 Å². The molecule has 0 aliphatic heterocycles. The van der Waals surface area contributed by atoms with E-state index in [9.17, 15) is 13.2 Å². The lowest BCUT2D eigenvalue weighted by molar-refractivity contribution is 0.0691. The molecule has 0 saturated heterocycles. The molecular formula is C10H12N4O4S2. The minimum absolute atomic E-state index is 0.0434. The van der Waals surface area contributed by atoms with Crippen LogP contribution in [0.5, 0.6) is 0 Å². The third-order valence-electron chi connectivity index (χ3n) is 2.43. The molecule has 2 rings (SSSR count). The van der Waals surface area contributed by atoms with Crippen LogP contribution in [0.4, 0.5) is 0 Å². The molecule has 2 heterocycles. The minimum atomic E-state index is -3.71. The van der Waals surface area contributed by atoms with Crippen molar-refractivity contribution in [2.24, 2.45) is 7.05 Å². The summed E-state index contributed by atoms with van der Waals surface area (Å²) in [4.78, 5) is 14.6. The number of rotatable bonds is 5. The van der Waals surface area contributed by atoms with Crippen LogP contribution in [-0.4, -0.2) is 34.3 Å². The smallest absolute Gasteiger partial charge is 0.355 e. The first-order valence-electron chi connectivity index (χ1n) is 5.49. The standard InChI is InChI=1S/C10H12N4O4S2/c1-6(9-12-8(5-19-9)10(15)16)13-20(17,18)7-3-11-14(2)4-7/h3-6,13H,1-2H3,(H,15,16). The molecule has 20 heavy (non-hydrogen) atoms. The number of nitrogens with zero attached hydrogens (tertiary/aromatic N) is 3. The fourth-order valence-electron chi connectivity index (χ4n) is 1.47. The van der Waals surface area contributed by atoms with E-state index < -0.39 is 22.0 Å². The molecule has 0 aliphatic rings. The van der Waals surface area contributed by atoms with E-state index in [0.717, 1.165) is 11.3 Å². The molecule has 0 spiro atoms. The van der Waals surface area contributed by atoms with E-state index in [1.54, 1.807) is 14.0 Å². The van der Waals surface area contributed by atoms with Crippen molar-refractivity contribution in [2.75, 3.05) is 0 Å². The summed E-state index contributed by atoms with van der Waals surface area (Å²) in [5.74, 6) is -1.14. The van der Waals surface area contributed by atoms with Crippen molar-refractivity contribution in [3.05, 3.63) is 28.5 Å². The van der Waals surface area contributed by atoms with Crippen LogP contribution in [0.25, 0.3) is 0 Å². The van der Waals surface area contributed by atoms with E-state index in [0.29, 0.717) is 5.01 Å². The number of thiazole rings is 1. The summed E-state index contributed by atoms with van der Waals surface area (Å²) in [6.07, 6.45) is 2.61. The maximum absolute atomic E-state index is 12.1. The molecule has 2 aromatic rings. The Bertz CT molecular complexity index is 734. The lowest BCUT2D eigenvalue weighted by Gasteiger charge is -2.10. The normalized spacial score (nSPS) is 13.3. The van der Waals surface area contributed by atoms with Gasteiger partial charge in [-0.3, -0.25) is 4.68 Å². The minimum Gasteiger partial charge on any atom is -0.476 e. The molecule has 0 saturated carbocycles. The number of aromatic nitrogens is 3. The van der Waals surface area contributed by atoms with Gasteiger partial charge in [0.1, 0.15) is 9.90 Å². The average Bonchev–Trinajstić information content (AvgIpc) is 2.96. The van der Waals surface area contributed by atoms with Gasteiger partial charge in [0.15, 0.2) is 5.69 Å². The Morgan fingerprint density at radius 3 is 2.75 bits per heavy atom. The summed E-state index contributed by atoms with van der Waals surface area (Å²) in [5.41, 5.74) is -0.0996. The third-order valence-corrected chi connectivity index (χ3v) is 4.96. The first-order valence-corrected chi connectivity index (χ1v) is 7.85. The van der Waals surface area contributed by atoms with Crippen molar-refractivity contribution in [3.8, 4) is 0 Å². The van der Waals surface area contributed by atoms with Crippen LogP contribution in [0.1, 0.15) is 28.5 Å². The molecule has 0 bridgehead atoms. The summed E-state index contributed by atoms with van der Waals surface area (Å²) in [5, 5.41) is 14.3. The quantitative estimate of drug-likeness (QED) is 0.835. The molecule has 1 atom stereocenters. The van der Waals surface area contributed by atoms with Crippen molar-refractivity contribution in [1.82, 2.24) is 19.5 Å². The zero-order valence-corrected chi connectivity index (χ0v) is 12.3. The molecule has 2 N–H and O–H groups in total. The van der Waals surface area contributed by atoms with Crippen LogP contribution in [-0.2, 0) is 17.1 Å². The Morgan fingerprint density at radius 1 is 1.55 bits per heavy atom. The average molecular weight is 316 g/mol. The largest absolute Gasteiger partial charge is 0.476 e. The summed E-state index contributed by atoms with van der Waals surface area (Å²) in [7, 11) is -2.10. The van der Waals surface area contributed by atoms with Crippen molar-refractivity contribution >= 4 is 27.3 Å². The second kappa shape index (κ2) is 5.31. The van der Waals surface area contributed by atoms with Crippen LogP contribution < -0.4 is 4.72 Å². The molecular weight excluding hydrogens is 304 g/mol. The zero-order valence-electron chi connectivity index (χ0n) is 10.6. The summed E-state index contributed by atoms with van der Waals surface area (Å²) >= 11 is 1.09. The number of hydrogen-bond donors (Lipinski definition) is 2. The highest BCUT2D eigenvalue weighted by Gasteiger charge is 2.22. The van der Waals surface area contributed by atoms with Crippen LogP contribution in [0.3, 0.4) is 0 Å². The highest BCUT2D eigenvalue weighted by molar-refractivity contribution is 7.89. The molecule has 2 aromatic heterocycles. The number of nitrogens with one attached hydrogen (secondary N) is 1. The first kappa shape index (κ1) is 14.6. The monoisotopic (exact) mass is 316 g/mol. The Balaban J connectivity index is 2.18. The van der Waals surface area contributed by atoms with Crippen molar-refractivity contribution in [2.45, 2.75) is 17.9 Å². The SMILES string of the molecule is CC(NS(=O)(=O)c1cnn(C)c1)c1nc(C(=O)O)cs1. The van der Waals surface area contributed by atoms with Gasteiger partial charge in [-0.15, -0.1) is 11.3 Å². The predicted octanol–water partition coefficient (Wildman–Crippen LogP) is 0.614. The van der Waals surface area contributed by atoms with Crippen LogP contribution in [0, 0.1) is 0 Å². The van der Waals surface area contributed by atoms with Gasteiger partial charge in [0.05, 0.1) is 12.2 Å². The predicted molar refractivity (Wildman–Crippen MR) is 71.0 cm³/mol. The van der Waals surface area contributed by atoms with E-state index in [1.165, 1.54) is 22.5 Å². The fourth-order valence-corrected chi connectivity index (χ4v) is 3.54. The summed E-state index contributed by atoms with van der Waals surface area (Å²) < 4.78 is 27.9. The molecule has 108 valence electrons. The van der Waals surface area contributed by atoms with Gasteiger partial charge in [0.2, 0.25) is 10.0 Å². The summed E-state index contributed by atoms with van der Waals surface area (Å²) in [6.45, 7) is 1.60. The van der Waals surface area contributed by atoms with Crippen molar-refractivity contribution in [1.29, 1.82) is 0 Å². The van der Waals surface area contributed by atoms with E-state index in [1.807, 2.05) is 0 Å².